The van der Waals surface area contributed by atoms with Gasteiger partial charge in [-0.25, -0.2) is 0 Å². The van der Waals surface area contributed by atoms with Crippen LogP contribution in [-0.4, -0.2) is 54.8 Å². The van der Waals surface area contributed by atoms with E-state index in [-0.39, 0.29) is 6.04 Å². The molecule has 134 valence electrons. The van der Waals surface area contributed by atoms with Crippen LogP contribution in [0.2, 0.25) is 0 Å². The third kappa shape index (κ3) is 3.44. The van der Waals surface area contributed by atoms with Crippen molar-refractivity contribution < 1.29 is 14.7 Å². The molecule has 1 atom stereocenters. The Bertz CT molecular complexity index is 666. The normalized spacial score (nSPS) is 25.8. The van der Waals surface area contributed by atoms with Crippen LogP contribution in [0.3, 0.4) is 0 Å². The Morgan fingerprint density at radius 2 is 1.80 bits per heavy atom. The molecule has 1 fully saturated rings. The molecule has 0 amide bonds. The zero-order valence-electron chi connectivity index (χ0n) is 14.4. The lowest BCUT2D eigenvalue weighted by atomic mass is 9.96. The summed E-state index contributed by atoms with van der Waals surface area (Å²) in [5.41, 5.74) is 2.11. The molecule has 1 saturated heterocycles. The lowest BCUT2D eigenvalue weighted by Gasteiger charge is -2.40. The summed E-state index contributed by atoms with van der Waals surface area (Å²) in [6.07, 6.45) is 8.34. The summed E-state index contributed by atoms with van der Waals surface area (Å²) in [5, 5.41) is 13.0. The number of piperazine rings is 1. The summed E-state index contributed by atoms with van der Waals surface area (Å²) >= 11 is 0. The van der Waals surface area contributed by atoms with Gasteiger partial charge in [0.05, 0.1) is 11.8 Å². The number of oxime groups is 1. The Morgan fingerprint density at radius 3 is 2.64 bits per heavy atom. The van der Waals surface area contributed by atoms with Crippen molar-refractivity contribution in [2.75, 3.05) is 37.9 Å². The number of benzene rings is 1. The average molecular weight is 343 g/mol. The summed E-state index contributed by atoms with van der Waals surface area (Å²) in [4.78, 5) is 4.86. The third-order valence-electron chi connectivity index (χ3n) is 5.33. The first kappa shape index (κ1) is 16.3. The molecule has 0 bridgehead atoms. The molecule has 2 heterocycles. The van der Waals surface area contributed by atoms with Crippen molar-refractivity contribution in [2.24, 2.45) is 5.16 Å². The molecule has 6 heteroatoms. The lowest BCUT2D eigenvalue weighted by molar-refractivity contribution is 0.174. The fraction of sp³-hybridized carbons (Fsp3) is 0.526. The number of allylic oxidation sites excluding steroid dienone is 2. The summed E-state index contributed by atoms with van der Waals surface area (Å²) in [5.74, 6) is 1.66. The van der Waals surface area contributed by atoms with Crippen molar-refractivity contribution >= 4 is 11.4 Å². The second kappa shape index (κ2) is 7.35. The van der Waals surface area contributed by atoms with E-state index in [4.69, 9.17) is 9.47 Å². The van der Waals surface area contributed by atoms with E-state index in [1.807, 2.05) is 6.07 Å². The summed E-state index contributed by atoms with van der Waals surface area (Å²) < 4.78 is 10.9. The van der Waals surface area contributed by atoms with Crippen LogP contribution >= 0.6 is 0 Å². The quantitative estimate of drug-likeness (QED) is 0.508. The van der Waals surface area contributed by atoms with Crippen molar-refractivity contribution in [1.29, 1.82) is 0 Å². The molecule has 4 rings (SSSR count). The molecule has 1 unspecified atom stereocenters. The van der Waals surface area contributed by atoms with Crippen LogP contribution in [0.15, 0.2) is 35.5 Å². The van der Waals surface area contributed by atoms with E-state index in [1.165, 1.54) is 5.69 Å². The minimum Gasteiger partial charge on any atom is -0.454 e. The largest absolute Gasteiger partial charge is 0.454 e. The number of ether oxygens (including phenoxy) is 2. The van der Waals surface area contributed by atoms with Crippen LogP contribution < -0.4 is 14.4 Å². The van der Waals surface area contributed by atoms with Crippen LogP contribution in [0.25, 0.3) is 0 Å². The average Bonchev–Trinajstić information content (AvgIpc) is 3.10. The Hall–Kier alpha value is -2.21. The molecule has 3 aliphatic rings. The zero-order chi connectivity index (χ0) is 17.1. The second-order valence-corrected chi connectivity index (χ2v) is 6.76. The molecule has 0 aromatic heterocycles. The molecular formula is C19H25N3O3. The van der Waals surface area contributed by atoms with Gasteiger partial charge in [0.15, 0.2) is 11.5 Å². The highest BCUT2D eigenvalue weighted by atomic mass is 16.7. The van der Waals surface area contributed by atoms with E-state index in [0.29, 0.717) is 6.79 Å². The molecule has 6 nitrogen and oxygen atoms in total. The van der Waals surface area contributed by atoms with E-state index in [2.05, 4.69) is 39.2 Å². The van der Waals surface area contributed by atoms with Gasteiger partial charge in [0.1, 0.15) is 0 Å². The number of hydrogen-bond donors (Lipinski definition) is 1. The van der Waals surface area contributed by atoms with E-state index in [9.17, 15) is 5.21 Å². The van der Waals surface area contributed by atoms with Gasteiger partial charge in [0.25, 0.3) is 0 Å². The van der Waals surface area contributed by atoms with Gasteiger partial charge in [-0.2, -0.15) is 0 Å². The predicted octanol–water partition coefficient (Wildman–Crippen LogP) is 2.87. The molecule has 1 aromatic rings. The van der Waals surface area contributed by atoms with Crippen LogP contribution in [0.1, 0.15) is 25.7 Å². The fourth-order valence-corrected chi connectivity index (χ4v) is 3.94. The first-order valence-electron chi connectivity index (χ1n) is 9.09. The van der Waals surface area contributed by atoms with Crippen LogP contribution in [0.4, 0.5) is 5.69 Å². The SMILES string of the molecule is ON=C1CCC=CCCC1N1CCN(c2ccc3c(c2)OCO3)CC1. The number of hydrogen-bond acceptors (Lipinski definition) is 6. The van der Waals surface area contributed by atoms with Crippen LogP contribution in [0.5, 0.6) is 11.5 Å². The molecule has 1 aliphatic carbocycles. The minimum absolute atomic E-state index is 0.258. The van der Waals surface area contributed by atoms with E-state index < -0.39 is 0 Å². The molecule has 1 aromatic carbocycles. The van der Waals surface area contributed by atoms with Gasteiger partial charge in [-0.3, -0.25) is 4.90 Å². The standard InChI is InChI=1S/C19H25N3O3/c23-20-16-5-3-1-2-4-6-17(16)22-11-9-21(10-12-22)15-7-8-18-19(13-15)25-14-24-18/h1-2,7-8,13,17,23H,3-6,9-12,14H2. The van der Waals surface area contributed by atoms with Gasteiger partial charge >= 0.3 is 0 Å². The molecule has 0 saturated carbocycles. The van der Waals surface area contributed by atoms with Crippen molar-refractivity contribution in [2.45, 2.75) is 31.7 Å². The fourth-order valence-electron chi connectivity index (χ4n) is 3.94. The number of anilines is 1. The van der Waals surface area contributed by atoms with Gasteiger partial charge in [0, 0.05) is 37.9 Å². The van der Waals surface area contributed by atoms with Gasteiger partial charge in [-0.05, 0) is 37.8 Å². The molecule has 0 radical (unpaired) electrons. The van der Waals surface area contributed by atoms with Crippen molar-refractivity contribution in [3.63, 3.8) is 0 Å². The summed E-state index contributed by atoms with van der Waals surface area (Å²) in [7, 11) is 0. The number of fused-ring (bicyclic) bond motifs is 1. The predicted molar refractivity (Wildman–Crippen MR) is 97.0 cm³/mol. The number of nitrogens with zero attached hydrogens (tertiary/aromatic N) is 3. The highest BCUT2D eigenvalue weighted by molar-refractivity contribution is 5.89. The second-order valence-electron chi connectivity index (χ2n) is 6.76. The molecule has 0 spiro atoms. The zero-order valence-corrected chi connectivity index (χ0v) is 14.4. The van der Waals surface area contributed by atoms with Crippen molar-refractivity contribution in [1.82, 2.24) is 4.90 Å². The Kier molecular flexibility index (Phi) is 4.78. The maximum atomic E-state index is 9.43. The van der Waals surface area contributed by atoms with E-state index in [0.717, 1.165) is 69.1 Å². The topological polar surface area (TPSA) is 57.5 Å². The molecule has 2 aliphatic heterocycles. The number of rotatable bonds is 2. The first-order chi connectivity index (χ1) is 12.3. The van der Waals surface area contributed by atoms with Gasteiger partial charge in [-0.15, -0.1) is 0 Å². The van der Waals surface area contributed by atoms with Crippen LogP contribution in [-0.2, 0) is 0 Å². The maximum Gasteiger partial charge on any atom is 0.231 e. The summed E-state index contributed by atoms with van der Waals surface area (Å²) in [6, 6.07) is 6.42. The maximum absolute atomic E-state index is 9.43. The molecule has 1 N–H and O–H groups in total. The highest BCUT2D eigenvalue weighted by Gasteiger charge is 2.28. The van der Waals surface area contributed by atoms with E-state index in [1.54, 1.807) is 0 Å². The van der Waals surface area contributed by atoms with E-state index >= 15 is 0 Å². The lowest BCUT2D eigenvalue weighted by Crippen LogP contribution is -2.52. The van der Waals surface area contributed by atoms with Gasteiger partial charge < -0.3 is 19.6 Å². The molecular weight excluding hydrogens is 318 g/mol. The Labute approximate surface area is 148 Å². The first-order valence-corrected chi connectivity index (χ1v) is 9.09. The Morgan fingerprint density at radius 1 is 1.00 bits per heavy atom. The minimum atomic E-state index is 0.258. The summed E-state index contributed by atoms with van der Waals surface area (Å²) in [6.45, 7) is 4.19. The van der Waals surface area contributed by atoms with Crippen molar-refractivity contribution in [3.05, 3.63) is 30.4 Å². The Balaban J connectivity index is 1.41. The monoisotopic (exact) mass is 343 g/mol. The highest BCUT2D eigenvalue weighted by Crippen LogP contribution is 2.35. The van der Waals surface area contributed by atoms with Gasteiger partial charge in [0.2, 0.25) is 6.79 Å². The van der Waals surface area contributed by atoms with Crippen LogP contribution in [0, 0.1) is 0 Å². The smallest absolute Gasteiger partial charge is 0.231 e. The van der Waals surface area contributed by atoms with Gasteiger partial charge in [-0.1, -0.05) is 17.3 Å². The third-order valence-corrected chi connectivity index (χ3v) is 5.33. The molecule has 25 heavy (non-hydrogen) atoms. The van der Waals surface area contributed by atoms with Crippen molar-refractivity contribution in [3.8, 4) is 11.5 Å².